The number of ether oxygens (including phenoxy) is 1. The Bertz CT molecular complexity index is 1090. The number of hydrogen-bond acceptors (Lipinski definition) is 5. The number of nitrogens with one attached hydrogen (secondary N) is 1. The van der Waals surface area contributed by atoms with Gasteiger partial charge in [-0.05, 0) is 48.2 Å². The van der Waals surface area contributed by atoms with Crippen molar-refractivity contribution in [2.75, 3.05) is 0 Å². The summed E-state index contributed by atoms with van der Waals surface area (Å²) in [5.74, 6) is 0.842. The van der Waals surface area contributed by atoms with E-state index < -0.39 is 0 Å². The second-order valence-corrected chi connectivity index (χ2v) is 6.98. The predicted octanol–water partition coefficient (Wildman–Crippen LogP) is 4.45. The van der Waals surface area contributed by atoms with Gasteiger partial charge in [0.05, 0.1) is 0 Å². The molecule has 0 aliphatic carbocycles. The molecule has 0 aliphatic rings. The maximum Gasteiger partial charge on any atom is 0.163 e. The number of H-pyrrole nitrogens is 1. The molecule has 122 valence electrons. The van der Waals surface area contributed by atoms with Crippen LogP contribution in [0.5, 0.6) is 5.75 Å². The molecule has 4 aromatic rings. The van der Waals surface area contributed by atoms with Crippen molar-refractivity contribution in [3.63, 3.8) is 0 Å². The van der Waals surface area contributed by atoms with Gasteiger partial charge in [0.1, 0.15) is 24.1 Å². The largest absolute Gasteiger partial charge is 0.489 e. The van der Waals surface area contributed by atoms with Crippen molar-refractivity contribution in [2.24, 2.45) is 0 Å². The number of thiophene rings is 1. The van der Waals surface area contributed by atoms with Crippen LogP contribution in [0.3, 0.4) is 0 Å². The van der Waals surface area contributed by atoms with Crippen LogP contribution in [-0.2, 0) is 6.61 Å². The first-order chi connectivity index (χ1) is 12.2. The number of benzene rings is 2. The van der Waals surface area contributed by atoms with E-state index in [1.54, 1.807) is 11.3 Å². The number of nitriles is 1. The molecule has 0 amide bonds. The summed E-state index contributed by atoms with van der Waals surface area (Å²) in [6.07, 6.45) is 0. The standard InChI is InChI=1S/C19H14N4OS/c1-12-7-15-9-16(5-6-18(15)25-12)24-11-13-3-2-4-14(8-13)19-17(10-20)21-23-22-19/h2-9H,11H2,1H3,(H,21,22,23). The monoisotopic (exact) mass is 346 g/mol. The van der Waals surface area contributed by atoms with Crippen LogP contribution in [0.2, 0.25) is 0 Å². The molecule has 5 nitrogen and oxygen atoms in total. The molecule has 0 spiro atoms. The van der Waals surface area contributed by atoms with Crippen LogP contribution in [-0.4, -0.2) is 15.4 Å². The average molecular weight is 346 g/mol. The number of fused-ring (bicyclic) bond motifs is 1. The second-order valence-electron chi connectivity index (χ2n) is 5.69. The fourth-order valence-electron chi connectivity index (χ4n) is 2.73. The molecule has 0 fully saturated rings. The third-order valence-corrected chi connectivity index (χ3v) is 4.91. The lowest BCUT2D eigenvalue weighted by Crippen LogP contribution is -1.96. The summed E-state index contributed by atoms with van der Waals surface area (Å²) >= 11 is 1.78. The highest BCUT2D eigenvalue weighted by atomic mass is 32.1. The lowest BCUT2D eigenvalue weighted by Gasteiger charge is -2.07. The van der Waals surface area contributed by atoms with Gasteiger partial charge in [-0.25, -0.2) is 5.10 Å². The Balaban J connectivity index is 1.54. The second kappa shape index (κ2) is 6.38. The van der Waals surface area contributed by atoms with Crippen molar-refractivity contribution >= 4 is 21.4 Å². The highest BCUT2D eigenvalue weighted by Crippen LogP contribution is 2.29. The van der Waals surface area contributed by atoms with Crippen LogP contribution in [0.4, 0.5) is 0 Å². The molecule has 0 atom stereocenters. The third kappa shape index (κ3) is 3.10. The molecular weight excluding hydrogens is 332 g/mol. The van der Waals surface area contributed by atoms with E-state index in [0.717, 1.165) is 16.9 Å². The molecule has 0 bridgehead atoms. The van der Waals surface area contributed by atoms with Crippen molar-refractivity contribution in [1.82, 2.24) is 15.4 Å². The molecule has 2 aromatic carbocycles. The van der Waals surface area contributed by atoms with Gasteiger partial charge < -0.3 is 4.74 Å². The Morgan fingerprint density at radius 2 is 2.12 bits per heavy atom. The van der Waals surface area contributed by atoms with Crippen LogP contribution in [0.15, 0.2) is 48.5 Å². The molecular formula is C19H14N4OS. The quantitative estimate of drug-likeness (QED) is 0.592. The van der Waals surface area contributed by atoms with Crippen molar-refractivity contribution in [3.05, 3.63) is 64.7 Å². The Labute approximate surface area is 148 Å². The van der Waals surface area contributed by atoms with Crippen molar-refractivity contribution < 1.29 is 4.74 Å². The SMILES string of the molecule is Cc1cc2cc(OCc3cccc(-c4nn[nH]c4C#N)c3)ccc2s1. The topological polar surface area (TPSA) is 74.6 Å². The molecule has 6 heteroatoms. The number of aromatic amines is 1. The molecule has 1 N–H and O–H groups in total. The highest BCUT2D eigenvalue weighted by molar-refractivity contribution is 7.19. The van der Waals surface area contributed by atoms with E-state index in [-0.39, 0.29) is 0 Å². The van der Waals surface area contributed by atoms with Crippen LogP contribution >= 0.6 is 11.3 Å². The van der Waals surface area contributed by atoms with Crippen molar-refractivity contribution in [2.45, 2.75) is 13.5 Å². The number of aromatic nitrogens is 3. The number of nitrogens with zero attached hydrogens (tertiary/aromatic N) is 3. The lowest BCUT2D eigenvalue weighted by atomic mass is 10.1. The van der Waals surface area contributed by atoms with Gasteiger partial charge in [0, 0.05) is 15.1 Å². The zero-order chi connectivity index (χ0) is 17.2. The molecule has 0 saturated heterocycles. The first-order valence-electron chi connectivity index (χ1n) is 7.76. The van der Waals surface area contributed by atoms with E-state index in [2.05, 4.69) is 46.6 Å². The van der Waals surface area contributed by atoms with Gasteiger partial charge in [-0.15, -0.1) is 16.4 Å². The minimum Gasteiger partial charge on any atom is -0.489 e. The summed E-state index contributed by atoms with van der Waals surface area (Å²) in [5, 5.41) is 20.6. The Kier molecular flexibility index (Phi) is 3.92. The molecule has 0 unspecified atom stereocenters. The zero-order valence-electron chi connectivity index (χ0n) is 13.5. The number of rotatable bonds is 4. The molecule has 2 heterocycles. The Morgan fingerprint density at radius 3 is 3.00 bits per heavy atom. The molecule has 2 aromatic heterocycles. The van der Waals surface area contributed by atoms with E-state index in [9.17, 15) is 0 Å². The van der Waals surface area contributed by atoms with Gasteiger partial charge in [0.25, 0.3) is 0 Å². The molecule has 25 heavy (non-hydrogen) atoms. The van der Waals surface area contributed by atoms with Crippen molar-refractivity contribution in [1.29, 1.82) is 5.26 Å². The van der Waals surface area contributed by atoms with E-state index >= 15 is 0 Å². The van der Waals surface area contributed by atoms with E-state index in [1.807, 2.05) is 30.3 Å². The summed E-state index contributed by atoms with van der Waals surface area (Å²) in [7, 11) is 0. The summed E-state index contributed by atoms with van der Waals surface area (Å²) in [5.41, 5.74) is 2.76. The van der Waals surface area contributed by atoms with Gasteiger partial charge in [-0.3, -0.25) is 0 Å². The maximum absolute atomic E-state index is 9.09. The Morgan fingerprint density at radius 1 is 1.20 bits per heavy atom. The first-order valence-corrected chi connectivity index (χ1v) is 8.58. The van der Waals surface area contributed by atoms with Gasteiger partial charge in [0.15, 0.2) is 5.69 Å². The fraction of sp³-hybridized carbons (Fsp3) is 0.105. The molecule has 0 aliphatic heterocycles. The molecule has 0 saturated carbocycles. The number of hydrogen-bond donors (Lipinski definition) is 1. The van der Waals surface area contributed by atoms with Gasteiger partial charge in [-0.2, -0.15) is 5.26 Å². The minimum atomic E-state index is 0.358. The van der Waals surface area contributed by atoms with Crippen LogP contribution in [0.1, 0.15) is 16.1 Å². The Hall–Kier alpha value is -3.17. The number of aryl methyl sites for hydroxylation is 1. The summed E-state index contributed by atoms with van der Waals surface area (Å²) < 4.78 is 7.20. The lowest BCUT2D eigenvalue weighted by molar-refractivity contribution is 0.306. The van der Waals surface area contributed by atoms with E-state index in [4.69, 9.17) is 10.00 Å². The predicted molar refractivity (Wildman–Crippen MR) is 97.4 cm³/mol. The summed E-state index contributed by atoms with van der Waals surface area (Å²) in [4.78, 5) is 1.29. The van der Waals surface area contributed by atoms with Crippen LogP contribution in [0.25, 0.3) is 21.3 Å². The van der Waals surface area contributed by atoms with Crippen LogP contribution < -0.4 is 4.74 Å². The minimum absolute atomic E-state index is 0.358. The zero-order valence-corrected chi connectivity index (χ0v) is 14.3. The van der Waals surface area contributed by atoms with Crippen molar-refractivity contribution in [3.8, 4) is 23.1 Å². The normalized spacial score (nSPS) is 10.7. The highest BCUT2D eigenvalue weighted by Gasteiger charge is 2.10. The smallest absolute Gasteiger partial charge is 0.163 e. The van der Waals surface area contributed by atoms with E-state index in [1.165, 1.54) is 15.0 Å². The van der Waals surface area contributed by atoms with Gasteiger partial charge >= 0.3 is 0 Å². The van der Waals surface area contributed by atoms with Gasteiger partial charge in [0.2, 0.25) is 0 Å². The molecule has 0 radical (unpaired) electrons. The van der Waals surface area contributed by atoms with E-state index in [0.29, 0.717) is 18.0 Å². The first kappa shape index (κ1) is 15.4. The van der Waals surface area contributed by atoms with Crippen LogP contribution in [0, 0.1) is 18.3 Å². The third-order valence-electron chi connectivity index (χ3n) is 3.88. The fourth-order valence-corrected chi connectivity index (χ4v) is 3.63. The maximum atomic E-state index is 9.09. The summed E-state index contributed by atoms with van der Waals surface area (Å²) in [6, 6.07) is 18.2. The summed E-state index contributed by atoms with van der Waals surface area (Å²) in [6.45, 7) is 2.55. The average Bonchev–Trinajstić information content (AvgIpc) is 3.25. The molecule has 4 rings (SSSR count). The van der Waals surface area contributed by atoms with Gasteiger partial charge in [-0.1, -0.05) is 23.4 Å².